The molecule has 78 valence electrons. The maximum absolute atomic E-state index is 11.9. The molecule has 2 rings (SSSR count). The molecular weight excluding hydrogens is 202 g/mol. The van der Waals surface area contributed by atoms with Gasteiger partial charge < -0.3 is 10.5 Å². The number of fused-ring (bicyclic) bond motifs is 1. The highest BCUT2D eigenvalue weighted by molar-refractivity contribution is 5.89. The van der Waals surface area contributed by atoms with Gasteiger partial charge in [-0.2, -0.15) is 8.78 Å². The van der Waals surface area contributed by atoms with E-state index in [2.05, 4.69) is 9.72 Å². The molecule has 0 atom stereocenters. The van der Waals surface area contributed by atoms with Crippen LogP contribution in [0.25, 0.3) is 10.9 Å². The van der Waals surface area contributed by atoms with E-state index in [-0.39, 0.29) is 5.75 Å². The number of benzene rings is 1. The van der Waals surface area contributed by atoms with E-state index in [0.29, 0.717) is 16.6 Å². The third-order valence-electron chi connectivity index (χ3n) is 1.94. The molecule has 3 nitrogen and oxygen atoms in total. The zero-order valence-electron chi connectivity index (χ0n) is 7.65. The van der Waals surface area contributed by atoms with Crippen LogP contribution in [0.5, 0.6) is 5.75 Å². The van der Waals surface area contributed by atoms with Crippen molar-refractivity contribution in [2.75, 3.05) is 5.73 Å². The van der Waals surface area contributed by atoms with Crippen LogP contribution in [0.1, 0.15) is 0 Å². The average molecular weight is 210 g/mol. The van der Waals surface area contributed by atoms with E-state index in [0.717, 1.165) is 0 Å². The number of halogens is 2. The van der Waals surface area contributed by atoms with Crippen LogP contribution >= 0.6 is 0 Å². The van der Waals surface area contributed by atoms with Gasteiger partial charge in [0, 0.05) is 5.39 Å². The third kappa shape index (κ3) is 1.96. The molecule has 1 aromatic heterocycles. The van der Waals surface area contributed by atoms with E-state index in [1.165, 1.54) is 12.3 Å². The van der Waals surface area contributed by atoms with E-state index < -0.39 is 6.61 Å². The minimum atomic E-state index is -2.84. The van der Waals surface area contributed by atoms with Crippen molar-refractivity contribution in [2.45, 2.75) is 6.61 Å². The molecule has 0 saturated heterocycles. The Hall–Kier alpha value is -1.91. The number of nitrogens with two attached hydrogens (primary N) is 1. The summed E-state index contributed by atoms with van der Waals surface area (Å²) in [5, 5.41) is 0.674. The number of alkyl halides is 2. The Labute approximate surface area is 84.5 Å². The zero-order chi connectivity index (χ0) is 10.8. The first-order chi connectivity index (χ1) is 7.16. The fourth-order valence-corrected chi connectivity index (χ4v) is 1.33. The van der Waals surface area contributed by atoms with Crippen LogP contribution in [0, 0.1) is 0 Å². The number of aromatic nitrogens is 1. The van der Waals surface area contributed by atoms with Gasteiger partial charge in [0.05, 0.1) is 17.4 Å². The molecule has 0 spiro atoms. The molecule has 2 N–H and O–H groups in total. The van der Waals surface area contributed by atoms with Crippen molar-refractivity contribution in [2.24, 2.45) is 0 Å². The van der Waals surface area contributed by atoms with E-state index in [1.54, 1.807) is 18.2 Å². The predicted octanol–water partition coefficient (Wildman–Crippen LogP) is 2.42. The molecule has 1 aromatic carbocycles. The average Bonchev–Trinajstić information content (AvgIpc) is 2.17. The van der Waals surface area contributed by atoms with Crippen molar-refractivity contribution in [1.82, 2.24) is 4.98 Å². The monoisotopic (exact) mass is 210 g/mol. The van der Waals surface area contributed by atoms with Crippen molar-refractivity contribution >= 4 is 16.6 Å². The van der Waals surface area contributed by atoms with Crippen LogP contribution in [-0.4, -0.2) is 11.6 Å². The number of hydrogen-bond donors (Lipinski definition) is 1. The highest BCUT2D eigenvalue weighted by atomic mass is 19.3. The van der Waals surface area contributed by atoms with E-state index in [1.807, 2.05) is 0 Å². The van der Waals surface area contributed by atoms with Gasteiger partial charge >= 0.3 is 6.61 Å². The first kappa shape index (κ1) is 9.64. The lowest BCUT2D eigenvalue weighted by atomic mass is 10.2. The van der Waals surface area contributed by atoms with Gasteiger partial charge in [-0.05, 0) is 12.1 Å². The highest BCUT2D eigenvalue weighted by Crippen LogP contribution is 2.23. The minimum absolute atomic E-state index is 0.0306. The number of nitrogen functional groups attached to an aromatic ring is 1. The molecule has 0 saturated carbocycles. The van der Waals surface area contributed by atoms with Gasteiger partial charge in [0.25, 0.3) is 0 Å². The van der Waals surface area contributed by atoms with Crippen LogP contribution in [0.3, 0.4) is 0 Å². The van der Waals surface area contributed by atoms with Crippen molar-refractivity contribution in [3.63, 3.8) is 0 Å². The Morgan fingerprint density at radius 3 is 2.87 bits per heavy atom. The van der Waals surface area contributed by atoms with Crippen LogP contribution < -0.4 is 10.5 Å². The lowest BCUT2D eigenvalue weighted by Gasteiger charge is -2.05. The molecular formula is C10H8F2N2O. The number of hydrogen-bond acceptors (Lipinski definition) is 3. The maximum Gasteiger partial charge on any atom is 0.387 e. The molecule has 5 heteroatoms. The maximum atomic E-state index is 11.9. The number of rotatable bonds is 2. The summed E-state index contributed by atoms with van der Waals surface area (Å²) >= 11 is 0. The van der Waals surface area contributed by atoms with Crippen LogP contribution in [0.4, 0.5) is 14.5 Å². The molecule has 0 amide bonds. The lowest BCUT2D eigenvalue weighted by molar-refractivity contribution is -0.0499. The molecule has 0 radical (unpaired) electrons. The minimum Gasteiger partial charge on any atom is -0.433 e. The molecule has 0 aliphatic heterocycles. The van der Waals surface area contributed by atoms with E-state index in [9.17, 15) is 8.78 Å². The number of nitrogens with zero attached hydrogens (tertiary/aromatic N) is 1. The van der Waals surface area contributed by atoms with Crippen molar-refractivity contribution < 1.29 is 13.5 Å². The summed E-state index contributed by atoms with van der Waals surface area (Å²) in [7, 11) is 0. The molecule has 0 aliphatic rings. The second-order valence-corrected chi connectivity index (χ2v) is 2.97. The first-order valence-corrected chi connectivity index (χ1v) is 4.26. The molecule has 15 heavy (non-hydrogen) atoms. The number of anilines is 1. The van der Waals surface area contributed by atoms with Gasteiger partial charge in [0.15, 0.2) is 0 Å². The summed E-state index contributed by atoms with van der Waals surface area (Å²) in [6.07, 6.45) is 1.23. The standard InChI is InChI=1S/C10H8F2N2O/c11-10(12)15-7-4-6-2-1-3-8(13)9(6)14-5-7/h1-5,10H,13H2. The Morgan fingerprint density at radius 2 is 2.13 bits per heavy atom. The fourth-order valence-electron chi connectivity index (χ4n) is 1.33. The number of pyridine rings is 1. The predicted molar refractivity (Wildman–Crippen MR) is 52.8 cm³/mol. The number of ether oxygens (including phenoxy) is 1. The van der Waals surface area contributed by atoms with Crippen LogP contribution in [-0.2, 0) is 0 Å². The molecule has 0 fully saturated rings. The van der Waals surface area contributed by atoms with Crippen molar-refractivity contribution in [3.05, 3.63) is 30.5 Å². The summed E-state index contributed by atoms with van der Waals surface area (Å²) in [4.78, 5) is 3.95. The normalized spacial score (nSPS) is 10.9. The zero-order valence-corrected chi connectivity index (χ0v) is 7.65. The second kappa shape index (κ2) is 3.68. The topological polar surface area (TPSA) is 48.1 Å². The Bertz CT molecular complexity index is 488. The smallest absolute Gasteiger partial charge is 0.387 e. The number of para-hydroxylation sites is 1. The third-order valence-corrected chi connectivity index (χ3v) is 1.94. The first-order valence-electron chi connectivity index (χ1n) is 4.26. The Balaban J connectivity index is 2.48. The second-order valence-electron chi connectivity index (χ2n) is 2.97. The van der Waals surface area contributed by atoms with Gasteiger partial charge in [-0.3, -0.25) is 4.98 Å². The molecule has 0 aliphatic carbocycles. The summed E-state index contributed by atoms with van der Waals surface area (Å²) < 4.78 is 28.1. The van der Waals surface area contributed by atoms with Crippen LogP contribution in [0.2, 0.25) is 0 Å². The van der Waals surface area contributed by atoms with Gasteiger partial charge in [0.1, 0.15) is 5.75 Å². The van der Waals surface area contributed by atoms with Crippen molar-refractivity contribution in [3.8, 4) is 5.75 Å². The largest absolute Gasteiger partial charge is 0.433 e. The lowest BCUT2D eigenvalue weighted by Crippen LogP contribution is -2.02. The quantitative estimate of drug-likeness (QED) is 0.774. The van der Waals surface area contributed by atoms with Gasteiger partial charge in [-0.25, -0.2) is 0 Å². The van der Waals surface area contributed by atoms with Crippen molar-refractivity contribution in [1.29, 1.82) is 0 Å². The molecule has 0 bridgehead atoms. The molecule has 2 aromatic rings. The fraction of sp³-hybridized carbons (Fsp3) is 0.100. The van der Waals surface area contributed by atoms with Gasteiger partial charge in [-0.15, -0.1) is 0 Å². The molecule has 0 unspecified atom stereocenters. The Morgan fingerprint density at radius 1 is 1.33 bits per heavy atom. The SMILES string of the molecule is Nc1cccc2cc(OC(F)F)cnc12. The molecule has 1 heterocycles. The summed E-state index contributed by atoms with van der Waals surface area (Å²) in [6.45, 7) is -2.84. The van der Waals surface area contributed by atoms with E-state index >= 15 is 0 Å². The highest BCUT2D eigenvalue weighted by Gasteiger charge is 2.06. The summed E-state index contributed by atoms with van der Waals surface area (Å²) in [5.41, 5.74) is 6.75. The van der Waals surface area contributed by atoms with Crippen LogP contribution in [0.15, 0.2) is 30.5 Å². The Kier molecular flexibility index (Phi) is 2.37. The summed E-state index contributed by atoms with van der Waals surface area (Å²) in [5.74, 6) is 0.0306. The van der Waals surface area contributed by atoms with Gasteiger partial charge in [0.2, 0.25) is 0 Å². The summed E-state index contributed by atoms with van der Waals surface area (Å²) in [6, 6.07) is 6.64. The van der Waals surface area contributed by atoms with Gasteiger partial charge in [-0.1, -0.05) is 12.1 Å². The van der Waals surface area contributed by atoms with E-state index in [4.69, 9.17) is 5.73 Å².